The molecule has 1 saturated heterocycles. The summed E-state index contributed by atoms with van der Waals surface area (Å²) < 4.78 is 28.7. The molecule has 0 atom stereocenters. The fourth-order valence-corrected chi connectivity index (χ4v) is 5.46. The molecule has 1 amide bonds. The number of thiophene rings is 1. The summed E-state index contributed by atoms with van der Waals surface area (Å²) in [5.41, 5.74) is 0.161. The first-order valence-corrected chi connectivity index (χ1v) is 9.78. The fourth-order valence-electron chi connectivity index (χ4n) is 3.52. The highest BCUT2D eigenvalue weighted by Gasteiger charge is 2.50. The van der Waals surface area contributed by atoms with Crippen LogP contribution in [0.5, 0.6) is 0 Å². The number of carbonyl (C=O) groups excluding carboxylic acids is 1. The topological polar surface area (TPSA) is 89.7 Å². The molecule has 0 aromatic carbocycles. The molecule has 1 spiro atoms. The number of primary sulfonamides is 1. The maximum Gasteiger partial charge on any atom is 0.265 e. The maximum absolute atomic E-state index is 12.6. The van der Waals surface area contributed by atoms with Crippen molar-refractivity contribution in [3.63, 3.8) is 0 Å². The number of hydrogen-bond donors (Lipinski definition) is 1. The van der Waals surface area contributed by atoms with Crippen LogP contribution in [-0.4, -0.2) is 45.0 Å². The van der Waals surface area contributed by atoms with Crippen LogP contribution in [0.25, 0.3) is 0 Å². The van der Waals surface area contributed by atoms with Crippen LogP contribution < -0.4 is 5.14 Å². The Morgan fingerprint density at radius 2 is 2.27 bits per heavy atom. The molecular formula is C14H20N2O4S2. The second-order valence-electron chi connectivity index (χ2n) is 6.12. The summed E-state index contributed by atoms with van der Waals surface area (Å²) in [5.74, 6) is -0.226. The summed E-state index contributed by atoms with van der Waals surface area (Å²) in [4.78, 5) is 14.5. The van der Waals surface area contributed by atoms with Crippen molar-refractivity contribution in [1.82, 2.24) is 4.90 Å². The van der Waals surface area contributed by atoms with Crippen LogP contribution in [0.3, 0.4) is 0 Å². The monoisotopic (exact) mass is 344 g/mol. The van der Waals surface area contributed by atoms with Gasteiger partial charge < -0.3 is 9.64 Å². The van der Waals surface area contributed by atoms with Crippen LogP contribution >= 0.6 is 11.3 Å². The summed E-state index contributed by atoms with van der Waals surface area (Å²) in [6.45, 7) is 4.05. The average Bonchev–Trinajstić information content (AvgIpc) is 3.03. The Labute approximate surface area is 134 Å². The largest absolute Gasteiger partial charge is 0.378 e. The standard InChI is InChI=1S/C14H20N2O4S2/c1-2-20-10-7-14(8-10)4-5-16(9-14)13(17)12-11(3-6-21-12)22(15,18)19/h3,6,10H,2,4-5,7-9H2,1H3,(H2,15,18,19). The van der Waals surface area contributed by atoms with Gasteiger partial charge in [-0.1, -0.05) is 0 Å². The van der Waals surface area contributed by atoms with Crippen molar-refractivity contribution >= 4 is 27.3 Å². The Hall–Kier alpha value is -0.960. The number of nitrogens with zero attached hydrogens (tertiary/aromatic N) is 1. The van der Waals surface area contributed by atoms with Crippen LogP contribution in [0.15, 0.2) is 16.3 Å². The SMILES string of the molecule is CCOC1CC2(CCN(C(=O)c3sccc3S(N)(=O)=O)C2)C1. The molecule has 1 aliphatic heterocycles. The fraction of sp³-hybridized carbons (Fsp3) is 0.643. The highest BCUT2D eigenvalue weighted by atomic mass is 32.2. The molecule has 0 radical (unpaired) electrons. The maximum atomic E-state index is 12.6. The Bertz CT molecular complexity index is 677. The molecule has 2 heterocycles. The van der Waals surface area contributed by atoms with Gasteiger partial charge in [-0.25, -0.2) is 13.6 Å². The summed E-state index contributed by atoms with van der Waals surface area (Å²) in [6, 6.07) is 1.40. The van der Waals surface area contributed by atoms with E-state index < -0.39 is 10.0 Å². The zero-order valence-corrected chi connectivity index (χ0v) is 14.1. The lowest BCUT2D eigenvalue weighted by atomic mass is 9.66. The molecule has 2 aliphatic rings. The lowest BCUT2D eigenvalue weighted by Crippen LogP contribution is -2.45. The zero-order chi connectivity index (χ0) is 16.0. The average molecular weight is 344 g/mol. The summed E-state index contributed by atoms with van der Waals surface area (Å²) in [6.07, 6.45) is 3.23. The normalized spacial score (nSPS) is 28.1. The lowest BCUT2D eigenvalue weighted by Gasteiger charge is -2.44. The minimum absolute atomic E-state index is 0.0655. The second-order valence-corrected chi connectivity index (χ2v) is 8.57. The van der Waals surface area contributed by atoms with Gasteiger partial charge in [0.15, 0.2) is 0 Å². The molecule has 2 fully saturated rings. The first-order valence-electron chi connectivity index (χ1n) is 7.36. The van der Waals surface area contributed by atoms with Gasteiger partial charge in [-0.3, -0.25) is 4.79 Å². The molecule has 2 N–H and O–H groups in total. The van der Waals surface area contributed by atoms with Crippen LogP contribution in [0, 0.1) is 5.41 Å². The van der Waals surface area contributed by atoms with Gasteiger partial charge in [-0.05, 0) is 43.0 Å². The van der Waals surface area contributed by atoms with Crippen LogP contribution in [0.4, 0.5) is 0 Å². The van der Waals surface area contributed by atoms with Crippen LogP contribution in [-0.2, 0) is 14.8 Å². The predicted octanol–water partition coefficient (Wildman–Crippen LogP) is 1.43. The zero-order valence-electron chi connectivity index (χ0n) is 12.4. The predicted molar refractivity (Wildman–Crippen MR) is 83.3 cm³/mol. The highest BCUT2D eigenvalue weighted by Crippen LogP contribution is 2.49. The number of rotatable bonds is 4. The van der Waals surface area contributed by atoms with Crippen molar-refractivity contribution in [2.24, 2.45) is 10.6 Å². The summed E-state index contributed by atoms with van der Waals surface area (Å²) >= 11 is 1.13. The van der Waals surface area contributed by atoms with Crippen molar-refractivity contribution < 1.29 is 17.9 Å². The van der Waals surface area contributed by atoms with E-state index in [0.717, 1.165) is 37.2 Å². The molecular weight excluding hydrogens is 324 g/mol. The molecule has 1 aromatic rings. The van der Waals surface area contributed by atoms with Gasteiger partial charge in [0.05, 0.1) is 6.10 Å². The van der Waals surface area contributed by atoms with Crippen molar-refractivity contribution in [2.75, 3.05) is 19.7 Å². The van der Waals surface area contributed by atoms with Gasteiger partial charge in [-0.2, -0.15) is 0 Å². The van der Waals surface area contributed by atoms with Crippen molar-refractivity contribution in [2.45, 2.75) is 37.2 Å². The molecule has 122 valence electrons. The van der Waals surface area contributed by atoms with Gasteiger partial charge in [0.25, 0.3) is 5.91 Å². The minimum atomic E-state index is -3.86. The van der Waals surface area contributed by atoms with Gasteiger partial charge in [0, 0.05) is 19.7 Å². The number of sulfonamides is 1. The Kier molecular flexibility index (Phi) is 4.05. The van der Waals surface area contributed by atoms with Crippen LogP contribution in [0.2, 0.25) is 0 Å². The van der Waals surface area contributed by atoms with E-state index in [1.807, 2.05) is 6.92 Å². The van der Waals surface area contributed by atoms with Crippen molar-refractivity contribution in [3.8, 4) is 0 Å². The number of ether oxygens (including phenoxy) is 1. The van der Waals surface area contributed by atoms with Crippen molar-refractivity contribution in [3.05, 3.63) is 16.3 Å². The quantitative estimate of drug-likeness (QED) is 0.894. The third kappa shape index (κ3) is 2.80. The van der Waals surface area contributed by atoms with Gasteiger partial charge in [0.2, 0.25) is 10.0 Å². The minimum Gasteiger partial charge on any atom is -0.378 e. The van der Waals surface area contributed by atoms with Gasteiger partial charge >= 0.3 is 0 Å². The molecule has 0 bridgehead atoms. The van der Waals surface area contributed by atoms with Crippen molar-refractivity contribution in [1.29, 1.82) is 0 Å². The number of carbonyl (C=O) groups is 1. The molecule has 1 aliphatic carbocycles. The van der Waals surface area contributed by atoms with E-state index in [2.05, 4.69) is 0 Å². The number of likely N-dealkylation sites (tertiary alicyclic amines) is 1. The number of hydrogen-bond acceptors (Lipinski definition) is 5. The Balaban J connectivity index is 1.70. The van der Waals surface area contributed by atoms with E-state index in [1.165, 1.54) is 6.07 Å². The van der Waals surface area contributed by atoms with E-state index in [4.69, 9.17) is 9.88 Å². The summed E-state index contributed by atoms with van der Waals surface area (Å²) in [5, 5.41) is 6.76. The van der Waals surface area contributed by atoms with Gasteiger partial charge in [0.1, 0.15) is 9.77 Å². The number of amides is 1. The molecule has 0 unspecified atom stereocenters. The van der Waals surface area contributed by atoms with E-state index in [1.54, 1.807) is 10.3 Å². The third-order valence-corrected chi connectivity index (χ3v) is 6.56. The Morgan fingerprint density at radius 1 is 1.55 bits per heavy atom. The van der Waals surface area contributed by atoms with E-state index in [0.29, 0.717) is 19.2 Å². The first-order chi connectivity index (χ1) is 10.3. The smallest absolute Gasteiger partial charge is 0.265 e. The molecule has 6 nitrogen and oxygen atoms in total. The number of nitrogens with two attached hydrogens (primary N) is 1. The molecule has 8 heteroatoms. The Morgan fingerprint density at radius 3 is 2.91 bits per heavy atom. The highest BCUT2D eigenvalue weighted by molar-refractivity contribution is 7.89. The lowest BCUT2D eigenvalue weighted by molar-refractivity contribution is -0.0707. The molecule has 22 heavy (non-hydrogen) atoms. The third-order valence-electron chi connectivity index (χ3n) is 4.58. The van der Waals surface area contributed by atoms with Crippen LogP contribution in [0.1, 0.15) is 35.9 Å². The molecule has 1 saturated carbocycles. The first kappa shape index (κ1) is 15.9. The van der Waals surface area contributed by atoms with E-state index in [9.17, 15) is 13.2 Å². The second kappa shape index (κ2) is 5.59. The van der Waals surface area contributed by atoms with Gasteiger partial charge in [-0.15, -0.1) is 11.3 Å². The van der Waals surface area contributed by atoms with E-state index >= 15 is 0 Å². The summed E-state index contributed by atoms with van der Waals surface area (Å²) in [7, 11) is -3.86. The van der Waals surface area contributed by atoms with E-state index in [-0.39, 0.29) is 21.1 Å². The molecule has 1 aromatic heterocycles. The molecule has 3 rings (SSSR count).